The summed E-state index contributed by atoms with van der Waals surface area (Å²) in [5, 5.41) is 0. The Hall–Kier alpha value is -2.89. The van der Waals surface area contributed by atoms with Gasteiger partial charge in [0.25, 0.3) is 0 Å². The predicted octanol–water partition coefficient (Wildman–Crippen LogP) is 16.5. The van der Waals surface area contributed by atoms with Gasteiger partial charge < -0.3 is 14.2 Å². The highest BCUT2D eigenvalue weighted by atomic mass is 16.6. The van der Waals surface area contributed by atoms with Crippen molar-refractivity contribution in [1.82, 2.24) is 0 Å². The van der Waals surface area contributed by atoms with E-state index in [4.69, 9.17) is 14.2 Å². The molecule has 0 aliphatic heterocycles. The molecule has 1 unspecified atom stereocenters. The van der Waals surface area contributed by atoms with E-state index in [1.54, 1.807) is 0 Å². The van der Waals surface area contributed by atoms with Gasteiger partial charge in [0, 0.05) is 19.3 Å². The van der Waals surface area contributed by atoms with Crippen molar-refractivity contribution in [2.45, 2.75) is 252 Å². The highest BCUT2D eigenvalue weighted by Gasteiger charge is 2.19. The van der Waals surface area contributed by atoms with Crippen LogP contribution in [0.5, 0.6) is 0 Å². The average molecular weight is 839 g/mol. The minimum atomic E-state index is -0.782. The molecule has 0 amide bonds. The minimum Gasteiger partial charge on any atom is -0.462 e. The normalized spacial score (nSPS) is 12.5. The summed E-state index contributed by atoms with van der Waals surface area (Å²) in [4.78, 5) is 37.9. The van der Waals surface area contributed by atoms with E-state index in [1.165, 1.54) is 96.3 Å². The van der Waals surface area contributed by atoms with Crippen molar-refractivity contribution < 1.29 is 28.6 Å². The maximum atomic E-state index is 12.8. The minimum absolute atomic E-state index is 0.0820. The Balaban J connectivity index is 4.36. The summed E-state index contributed by atoms with van der Waals surface area (Å²) in [5.41, 5.74) is 0. The maximum Gasteiger partial charge on any atom is 0.306 e. The average Bonchev–Trinajstić information content (AvgIpc) is 3.24. The Kier molecular flexibility index (Phi) is 46.4. The Morgan fingerprint density at radius 3 is 1.03 bits per heavy atom. The van der Waals surface area contributed by atoms with Crippen LogP contribution in [0.3, 0.4) is 0 Å². The quantitative estimate of drug-likeness (QED) is 0.0263. The molecule has 0 spiro atoms. The molecule has 0 fully saturated rings. The third-order valence-corrected chi connectivity index (χ3v) is 10.8. The van der Waals surface area contributed by atoms with Gasteiger partial charge in [0.15, 0.2) is 6.10 Å². The van der Waals surface area contributed by atoms with Crippen molar-refractivity contribution in [3.05, 3.63) is 60.8 Å². The SMILES string of the molecule is CC/C=C\C/C=C\C/C=C\CCCCCCCCCC(=O)OCC(COC(=O)CCCCCCCCCCC)OC(=O)CCCCCCC/C=C\C/C=C\CCCCCC. The van der Waals surface area contributed by atoms with Gasteiger partial charge in [-0.2, -0.15) is 0 Å². The number of hydrogen-bond donors (Lipinski definition) is 0. The molecule has 0 aliphatic rings. The van der Waals surface area contributed by atoms with Gasteiger partial charge in [-0.1, -0.05) is 204 Å². The lowest BCUT2D eigenvalue weighted by molar-refractivity contribution is -0.167. The van der Waals surface area contributed by atoms with Crippen molar-refractivity contribution in [2.24, 2.45) is 0 Å². The first-order valence-corrected chi connectivity index (χ1v) is 25.3. The van der Waals surface area contributed by atoms with Crippen molar-refractivity contribution in [3.63, 3.8) is 0 Å². The number of esters is 3. The molecule has 6 nitrogen and oxygen atoms in total. The van der Waals surface area contributed by atoms with Crippen LogP contribution in [0, 0.1) is 0 Å². The zero-order valence-electron chi connectivity index (χ0n) is 39.5. The monoisotopic (exact) mass is 839 g/mol. The zero-order valence-corrected chi connectivity index (χ0v) is 39.5. The molecule has 0 N–H and O–H groups in total. The first-order chi connectivity index (χ1) is 29.5. The molecule has 0 aromatic heterocycles. The summed E-state index contributed by atoms with van der Waals surface area (Å²) < 4.78 is 16.7. The lowest BCUT2D eigenvalue weighted by Gasteiger charge is -2.18. The van der Waals surface area contributed by atoms with Gasteiger partial charge in [0.05, 0.1) is 0 Å². The van der Waals surface area contributed by atoms with Crippen LogP contribution in [0.25, 0.3) is 0 Å². The Labute approximate surface area is 370 Å². The third-order valence-electron chi connectivity index (χ3n) is 10.8. The van der Waals surface area contributed by atoms with E-state index >= 15 is 0 Å². The number of ether oxygens (including phenoxy) is 3. The van der Waals surface area contributed by atoms with Gasteiger partial charge in [-0.3, -0.25) is 14.4 Å². The molecule has 1 atom stereocenters. The smallest absolute Gasteiger partial charge is 0.306 e. The van der Waals surface area contributed by atoms with Gasteiger partial charge in [-0.25, -0.2) is 0 Å². The van der Waals surface area contributed by atoms with E-state index in [0.717, 1.165) is 109 Å². The molecule has 0 aliphatic carbocycles. The Morgan fingerprint density at radius 2 is 0.650 bits per heavy atom. The van der Waals surface area contributed by atoms with E-state index < -0.39 is 6.10 Å². The van der Waals surface area contributed by atoms with Crippen LogP contribution < -0.4 is 0 Å². The summed E-state index contributed by atoms with van der Waals surface area (Å²) in [6, 6.07) is 0. The maximum absolute atomic E-state index is 12.8. The lowest BCUT2D eigenvalue weighted by Crippen LogP contribution is -2.30. The van der Waals surface area contributed by atoms with Crippen LogP contribution in [0.15, 0.2) is 60.8 Å². The topological polar surface area (TPSA) is 78.9 Å². The lowest BCUT2D eigenvalue weighted by atomic mass is 10.1. The number of allylic oxidation sites excluding steroid dienone is 10. The third kappa shape index (κ3) is 46.2. The van der Waals surface area contributed by atoms with Gasteiger partial charge in [-0.15, -0.1) is 0 Å². The van der Waals surface area contributed by atoms with E-state index in [2.05, 4.69) is 81.5 Å². The van der Waals surface area contributed by atoms with Gasteiger partial charge in [0.1, 0.15) is 13.2 Å². The fourth-order valence-corrected chi connectivity index (χ4v) is 6.96. The molecule has 0 saturated heterocycles. The van der Waals surface area contributed by atoms with Gasteiger partial charge in [-0.05, 0) is 83.5 Å². The fourth-order valence-electron chi connectivity index (χ4n) is 6.96. The summed E-state index contributed by atoms with van der Waals surface area (Å²) in [6.07, 6.45) is 59.2. The first-order valence-electron chi connectivity index (χ1n) is 25.3. The Bertz CT molecular complexity index is 1100. The second kappa shape index (κ2) is 48.8. The van der Waals surface area contributed by atoms with E-state index in [1.807, 2.05) is 0 Å². The second-order valence-electron chi connectivity index (χ2n) is 16.7. The Morgan fingerprint density at radius 1 is 0.350 bits per heavy atom. The molecule has 0 saturated carbocycles. The molecule has 0 radical (unpaired) electrons. The molecule has 0 aromatic carbocycles. The number of rotatable bonds is 45. The van der Waals surface area contributed by atoms with E-state index in [0.29, 0.717) is 19.3 Å². The van der Waals surface area contributed by atoms with E-state index in [-0.39, 0.29) is 31.1 Å². The van der Waals surface area contributed by atoms with Crippen LogP contribution in [0.2, 0.25) is 0 Å². The number of unbranched alkanes of at least 4 members (excludes halogenated alkanes) is 24. The second-order valence-corrected chi connectivity index (χ2v) is 16.7. The molecular weight excluding hydrogens is 745 g/mol. The summed E-state index contributed by atoms with van der Waals surface area (Å²) >= 11 is 0. The van der Waals surface area contributed by atoms with Crippen molar-refractivity contribution >= 4 is 17.9 Å². The molecule has 0 aromatic rings. The van der Waals surface area contributed by atoms with Crippen LogP contribution in [-0.4, -0.2) is 37.2 Å². The molecule has 0 rings (SSSR count). The van der Waals surface area contributed by atoms with Crippen molar-refractivity contribution in [1.29, 1.82) is 0 Å². The molecular formula is C54H94O6. The molecule has 0 heterocycles. The first kappa shape index (κ1) is 57.1. The van der Waals surface area contributed by atoms with Crippen molar-refractivity contribution in [3.8, 4) is 0 Å². The van der Waals surface area contributed by atoms with Crippen LogP contribution in [-0.2, 0) is 28.6 Å². The number of carbonyl (C=O) groups excluding carboxylic acids is 3. The molecule has 6 heteroatoms. The van der Waals surface area contributed by atoms with Crippen molar-refractivity contribution in [2.75, 3.05) is 13.2 Å². The molecule has 346 valence electrons. The summed E-state index contributed by atoms with van der Waals surface area (Å²) in [5.74, 6) is -0.906. The summed E-state index contributed by atoms with van der Waals surface area (Å²) in [7, 11) is 0. The molecule has 0 bridgehead atoms. The zero-order chi connectivity index (χ0) is 43.7. The van der Waals surface area contributed by atoms with Crippen LogP contribution in [0.1, 0.15) is 245 Å². The standard InChI is InChI=1S/C54H94O6/c1-4-7-10-13-16-19-21-23-25-27-29-30-32-35-38-41-44-47-53(56)59-50-51(49-58-52(55)46-43-40-37-34-18-15-12-9-6-3)60-54(57)48-45-42-39-36-33-31-28-26-24-22-20-17-14-11-8-5-2/h7,10,16,19-20,22-23,25-26,28,51H,4-6,8-9,11-15,17-18,21,24,27,29-50H2,1-3H3/b10-7-,19-16-,22-20-,25-23-,28-26-. The number of hydrogen-bond acceptors (Lipinski definition) is 6. The van der Waals surface area contributed by atoms with Crippen LogP contribution >= 0.6 is 0 Å². The van der Waals surface area contributed by atoms with Gasteiger partial charge in [0.2, 0.25) is 0 Å². The highest BCUT2D eigenvalue weighted by Crippen LogP contribution is 2.14. The summed E-state index contributed by atoms with van der Waals surface area (Å²) in [6.45, 7) is 6.47. The van der Waals surface area contributed by atoms with Gasteiger partial charge >= 0.3 is 17.9 Å². The molecule has 60 heavy (non-hydrogen) atoms. The fraction of sp³-hybridized carbons (Fsp3) is 0.759. The predicted molar refractivity (Wildman–Crippen MR) is 256 cm³/mol. The van der Waals surface area contributed by atoms with E-state index in [9.17, 15) is 14.4 Å². The highest BCUT2D eigenvalue weighted by molar-refractivity contribution is 5.71. The van der Waals surface area contributed by atoms with Crippen LogP contribution in [0.4, 0.5) is 0 Å². The largest absolute Gasteiger partial charge is 0.462 e. The number of carbonyl (C=O) groups is 3.